The van der Waals surface area contributed by atoms with Gasteiger partial charge in [0.05, 0.1) is 19.1 Å². The molecule has 1 rings (SSSR count). The van der Waals surface area contributed by atoms with Crippen LogP contribution in [0.2, 0.25) is 0 Å². The maximum atomic E-state index is 12.9. The summed E-state index contributed by atoms with van der Waals surface area (Å²) in [5.41, 5.74) is 4.73. The van der Waals surface area contributed by atoms with Crippen LogP contribution in [0, 0.1) is 0 Å². The van der Waals surface area contributed by atoms with Crippen LogP contribution < -0.4 is 10.6 Å². The molecule has 0 bridgehead atoms. The van der Waals surface area contributed by atoms with Gasteiger partial charge < -0.3 is 15.4 Å². The van der Waals surface area contributed by atoms with Crippen molar-refractivity contribution in [2.45, 2.75) is 12.6 Å². The Morgan fingerprint density at radius 1 is 1.43 bits per heavy atom. The zero-order valence-corrected chi connectivity index (χ0v) is 12.3. The number of nitrogens with zero attached hydrogens (tertiary/aromatic N) is 1. The van der Waals surface area contributed by atoms with E-state index in [0.717, 1.165) is 6.07 Å². The van der Waals surface area contributed by atoms with Crippen molar-refractivity contribution in [1.29, 1.82) is 0 Å². The molecule has 0 fully saturated rings. The highest BCUT2D eigenvalue weighted by Crippen LogP contribution is 2.33. The van der Waals surface area contributed by atoms with Crippen LogP contribution in [0.25, 0.3) is 0 Å². The van der Waals surface area contributed by atoms with Crippen molar-refractivity contribution in [3.8, 4) is 0 Å². The number of hydrogen-bond acceptors (Lipinski definition) is 4. The molecule has 0 heterocycles. The minimum Gasteiger partial charge on any atom is -0.469 e. The highest BCUT2D eigenvalue weighted by Gasteiger charge is 2.34. The number of rotatable bonds is 5. The monoisotopic (exact) mass is 320 g/mol. The summed E-state index contributed by atoms with van der Waals surface area (Å²) in [4.78, 5) is 12.4. The summed E-state index contributed by atoms with van der Waals surface area (Å²) in [6, 6.07) is 3.50. The normalized spacial score (nSPS) is 11.1. The van der Waals surface area contributed by atoms with E-state index in [2.05, 4.69) is 17.0 Å². The summed E-state index contributed by atoms with van der Waals surface area (Å²) in [5.74, 6) is -0.400. The predicted molar refractivity (Wildman–Crippen MR) is 77.2 cm³/mol. The Morgan fingerprint density at radius 3 is 2.52 bits per heavy atom. The van der Waals surface area contributed by atoms with Gasteiger partial charge in [0.15, 0.2) is 0 Å². The fourth-order valence-electron chi connectivity index (χ4n) is 1.71. The van der Waals surface area contributed by atoms with E-state index in [-0.39, 0.29) is 17.0 Å². The lowest BCUT2D eigenvalue weighted by molar-refractivity contribution is -0.140. The Labute approximate surface area is 125 Å². The number of anilines is 1. The van der Waals surface area contributed by atoms with E-state index >= 15 is 0 Å². The Hall–Kier alpha value is -1.83. The summed E-state index contributed by atoms with van der Waals surface area (Å²) in [5, 5.41) is 0. The van der Waals surface area contributed by atoms with Gasteiger partial charge in [0.2, 0.25) is 0 Å². The average molecular weight is 320 g/mol. The fourth-order valence-corrected chi connectivity index (χ4v) is 1.88. The molecule has 21 heavy (non-hydrogen) atoms. The van der Waals surface area contributed by atoms with E-state index in [1.54, 1.807) is 11.9 Å². The number of halogens is 3. The minimum absolute atomic E-state index is 0.121. The molecule has 0 saturated carbocycles. The number of methoxy groups -OCH3 is 1. The molecule has 4 nitrogen and oxygen atoms in total. The van der Waals surface area contributed by atoms with Crippen LogP contribution in [0.3, 0.4) is 0 Å². The average Bonchev–Trinajstić information content (AvgIpc) is 2.42. The lowest BCUT2D eigenvalue weighted by Gasteiger charge is -2.21. The van der Waals surface area contributed by atoms with Gasteiger partial charge in [-0.1, -0.05) is 12.2 Å². The number of nitrogens with two attached hydrogens (primary N) is 1. The molecule has 0 amide bonds. The Bertz CT molecular complexity index is 547. The Kier molecular flexibility index (Phi) is 5.54. The molecular formula is C13H15F3N2O2S. The molecule has 0 aliphatic rings. The Balaban J connectivity index is 3.03. The second kappa shape index (κ2) is 6.75. The zero-order chi connectivity index (χ0) is 16.2. The topological polar surface area (TPSA) is 55.6 Å². The number of hydrogen-bond donors (Lipinski definition) is 1. The van der Waals surface area contributed by atoms with Gasteiger partial charge in [-0.2, -0.15) is 13.2 Å². The maximum Gasteiger partial charge on any atom is 0.417 e. The molecule has 8 heteroatoms. The third-order valence-electron chi connectivity index (χ3n) is 2.89. The number of alkyl halides is 3. The van der Waals surface area contributed by atoms with E-state index in [1.165, 1.54) is 19.2 Å². The van der Waals surface area contributed by atoms with Crippen molar-refractivity contribution >= 4 is 28.9 Å². The van der Waals surface area contributed by atoms with Crippen LogP contribution in [-0.4, -0.2) is 31.7 Å². The van der Waals surface area contributed by atoms with Gasteiger partial charge >= 0.3 is 12.1 Å². The molecule has 0 radical (unpaired) electrons. The van der Waals surface area contributed by atoms with E-state index in [9.17, 15) is 18.0 Å². The highest BCUT2D eigenvalue weighted by molar-refractivity contribution is 7.80. The molecule has 0 atom stereocenters. The van der Waals surface area contributed by atoms with Crippen LogP contribution in [0.1, 0.15) is 17.5 Å². The van der Waals surface area contributed by atoms with E-state index in [4.69, 9.17) is 5.73 Å². The van der Waals surface area contributed by atoms with E-state index < -0.39 is 17.7 Å². The van der Waals surface area contributed by atoms with Gasteiger partial charge in [0.25, 0.3) is 0 Å². The summed E-state index contributed by atoms with van der Waals surface area (Å²) in [6.07, 6.45) is -4.40. The van der Waals surface area contributed by atoms with Gasteiger partial charge in [-0.25, -0.2) is 0 Å². The first-order chi connectivity index (χ1) is 9.66. The van der Waals surface area contributed by atoms with Crippen molar-refractivity contribution in [2.75, 3.05) is 25.6 Å². The van der Waals surface area contributed by atoms with Crippen LogP contribution in [-0.2, 0) is 15.7 Å². The number of carbonyl (C=O) groups excluding carboxylic acids is 1. The van der Waals surface area contributed by atoms with Gasteiger partial charge in [-0.15, -0.1) is 0 Å². The van der Waals surface area contributed by atoms with Crippen LogP contribution in [0.4, 0.5) is 18.9 Å². The lowest BCUT2D eigenvalue weighted by Crippen LogP contribution is -2.23. The van der Waals surface area contributed by atoms with Crippen molar-refractivity contribution in [2.24, 2.45) is 5.73 Å². The summed E-state index contributed by atoms with van der Waals surface area (Å²) in [7, 11) is 2.92. The van der Waals surface area contributed by atoms with Gasteiger partial charge in [0, 0.05) is 24.8 Å². The van der Waals surface area contributed by atoms with Gasteiger partial charge in [-0.05, 0) is 18.2 Å². The SMILES string of the molecule is COC(=O)CCN(C)c1ccc(C(F)(F)F)c(C(N)=S)c1. The van der Waals surface area contributed by atoms with Gasteiger partial charge in [-0.3, -0.25) is 4.79 Å². The molecule has 0 aliphatic carbocycles. The standard InChI is InChI=1S/C13H15F3N2O2S/c1-18(6-5-11(19)20-2)8-3-4-10(13(14,15)16)9(7-8)12(17)21/h3-4,7H,5-6H2,1-2H3,(H2,17,21). The molecule has 1 aromatic carbocycles. The number of ether oxygens (including phenoxy) is 1. The molecule has 2 N–H and O–H groups in total. The summed E-state index contributed by atoms with van der Waals surface area (Å²) >= 11 is 4.67. The molecular weight excluding hydrogens is 305 g/mol. The third kappa shape index (κ3) is 4.59. The van der Waals surface area contributed by atoms with Crippen molar-refractivity contribution in [1.82, 2.24) is 0 Å². The van der Waals surface area contributed by atoms with E-state index in [1.807, 2.05) is 0 Å². The van der Waals surface area contributed by atoms with Crippen molar-refractivity contribution in [3.63, 3.8) is 0 Å². The van der Waals surface area contributed by atoms with Crippen LogP contribution in [0.15, 0.2) is 18.2 Å². The largest absolute Gasteiger partial charge is 0.469 e. The molecule has 0 aliphatic heterocycles. The van der Waals surface area contributed by atoms with Crippen molar-refractivity contribution < 1.29 is 22.7 Å². The van der Waals surface area contributed by atoms with Crippen LogP contribution in [0.5, 0.6) is 0 Å². The summed E-state index contributed by atoms with van der Waals surface area (Å²) in [6.45, 7) is 0.300. The smallest absolute Gasteiger partial charge is 0.417 e. The molecule has 1 aromatic rings. The second-order valence-corrected chi connectivity index (χ2v) is 4.78. The number of carbonyl (C=O) groups is 1. The number of esters is 1. The minimum atomic E-state index is -4.53. The van der Waals surface area contributed by atoms with E-state index in [0.29, 0.717) is 12.2 Å². The lowest BCUT2D eigenvalue weighted by atomic mass is 10.1. The maximum absolute atomic E-state index is 12.9. The van der Waals surface area contributed by atoms with Gasteiger partial charge in [0.1, 0.15) is 4.99 Å². The van der Waals surface area contributed by atoms with Crippen LogP contribution >= 0.6 is 12.2 Å². The number of thiocarbonyl (C=S) groups is 1. The second-order valence-electron chi connectivity index (χ2n) is 4.34. The Morgan fingerprint density at radius 2 is 2.05 bits per heavy atom. The zero-order valence-electron chi connectivity index (χ0n) is 11.5. The fraction of sp³-hybridized carbons (Fsp3) is 0.385. The van der Waals surface area contributed by atoms with Crippen molar-refractivity contribution in [3.05, 3.63) is 29.3 Å². The quantitative estimate of drug-likeness (QED) is 0.667. The highest BCUT2D eigenvalue weighted by atomic mass is 32.1. The summed E-state index contributed by atoms with van der Waals surface area (Å²) < 4.78 is 43.1. The third-order valence-corrected chi connectivity index (χ3v) is 3.11. The molecule has 0 spiro atoms. The number of benzene rings is 1. The molecule has 0 unspecified atom stereocenters. The first-order valence-electron chi connectivity index (χ1n) is 5.95. The molecule has 116 valence electrons. The first kappa shape index (κ1) is 17.2. The predicted octanol–water partition coefficient (Wildman–Crippen LogP) is 2.34. The molecule has 0 aromatic heterocycles. The molecule has 0 saturated heterocycles. The first-order valence-corrected chi connectivity index (χ1v) is 6.36.